The number of aliphatic hydroxyl groups is 2. The van der Waals surface area contributed by atoms with Crippen LogP contribution in [0.2, 0.25) is 0 Å². The molecule has 4 atom stereocenters. The zero-order valence-corrected chi connectivity index (χ0v) is 14.6. The largest absolute Gasteiger partial charge is 0.390 e. The molecule has 0 aliphatic heterocycles. The third kappa shape index (κ3) is 4.91. The third-order valence-electron chi connectivity index (χ3n) is 4.82. The molecule has 7 nitrogen and oxygen atoms in total. The van der Waals surface area contributed by atoms with Gasteiger partial charge in [0.1, 0.15) is 6.10 Å². The fourth-order valence-corrected chi connectivity index (χ4v) is 3.10. The van der Waals surface area contributed by atoms with Crippen LogP contribution in [-0.2, 0) is 17.6 Å². The highest BCUT2D eigenvalue weighted by molar-refractivity contribution is 5.82. The van der Waals surface area contributed by atoms with Gasteiger partial charge in [0.15, 0.2) is 0 Å². The van der Waals surface area contributed by atoms with Crippen LogP contribution in [-0.4, -0.2) is 50.4 Å². The lowest BCUT2D eigenvalue weighted by molar-refractivity contribution is -0.124. The van der Waals surface area contributed by atoms with Crippen molar-refractivity contribution in [2.45, 2.75) is 50.0 Å². The van der Waals surface area contributed by atoms with Crippen molar-refractivity contribution in [2.24, 2.45) is 11.7 Å². The summed E-state index contributed by atoms with van der Waals surface area (Å²) in [5.74, 6) is -0.249. The summed E-state index contributed by atoms with van der Waals surface area (Å²) in [5, 5.41) is 23.8. The van der Waals surface area contributed by atoms with Gasteiger partial charge < -0.3 is 26.2 Å². The highest BCUT2D eigenvalue weighted by atomic mass is 16.3. The van der Waals surface area contributed by atoms with E-state index in [0.717, 1.165) is 24.1 Å². The predicted molar refractivity (Wildman–Crippen MR) is 97.1 cm³/mol. The molecule has 1 aliphatic carbocycles. The molecular weight excluding hydrogens is 332 g/mol. The minimum atomic E-state index is -1.04. The van der Waals surface area contributed by atoms with Crippen LogP contribution in [0, 0.1) is 5.92 Å². The van der Waals surface area contributed by atoms with E-state index >= 15 is 0 Å². The molecule has 1 amide bonds. The Morgan fingerprint density at radius 1 is 1.27 bits per heavy atom. The average Bonchev–Trinajstić information content (AvgIpc) is 3.38. The van der Waals surface area contributed by atoms with Crippen molar-refractivity contribution in [3.05, 3.63) is 54.1 Å². The zero-order valence-electron chi connectivity index (χ0n) is 14.6. The zero-order chi connectivity index (χ0) is 18.5. The van der Waals surface area contributed by atoms with Gasteiger partial charge in [0.05, 0.1) is 24.5 Å². The van der Waals surface area contributed by atoms with E-state index in [2.05, 4.69) is 15.3 Å². The molecule has 1 heterocycles. The maximum Gasteiger partial charge on any atom is 0.237 e. The molecule has 26 heavy (non-hydrogen) atoms. The van der Waals surface area contributed by atoms with Crippen LogP contribution < -0.4 is 11.1 Å². The van der Waals surface area contributed by atoms with Gasteiger partial charge in [-0.15, -0.1) is 0 Å². The SMILES string of the molecule is N[C@@H](Cc1cnc[nH]1)C(=O)N[C@@H](Cc1ccccc1)[C@@H](O)[C@@H](O)C1CC1. The van der Waals surface area contributed by atoms with Crippen LogP contribution in [0.5, 0.6) is 0 Å². The molecule has 0 bridgehead atoms. The molecule has 1 saturated carbocycles. The molecule has 2 aromatic rings. The van der Waals surface area contributed by atoms with E-state index < -0.39 is 24.3 Å². The first-order chi connectivity index (χ1) is 12.5. The fraction of sp³-hybridized carbons (Fsp3) is 0.474. The van der Waals surface area contributed by atoms with Crippen LogP contribution in [0.3, 0.4) is 0 Å². The summed E-state index contributed by atoms with van der Waals surface area (Å²) in [6, 6.07) is 8.21. The number of aliphatic hydroxyl groups excluding tert-OH is 2. The van der Waals surface area contributed by atoms with Gasteiger partial charge in [-0.3, -0.25) is 4.79 Å². The van der Waals surface area contributed by atoms with E-state index in [9.17, 15) is 15.0 Å². The van der Waals surface area contributed by atoms with Crippen molar-refractivity contribution < 1.29 is 15.0 Å². The first-order valence-electron chi connectivity index (χ1n) is 8.98. The molecule has 1 aromatic carbocycles. The molecular formula is C19H26N4O3. The third-order valence-corrected chi connectivity index (χ3v) is 4.82. The van der Waals surface area contributed by atoms with Crippen LogP contribution in [0.25, 0.3) is 0 Å². The minimum absolute atomic E-state index is 0.110. The normalized spacial score (nSPS) is 18.7. The molecule has 0 saturated heterocycles. The Morgan fingerprint density at radius 2 is 2.00 bits per heavy atom. The maximum absolute atomic E-state index is 12.5. The number of amides is 1. The highest BCUT2D eigenvalue weighted by Gasteiger charge is 2.38. The Hall–Kier alpha value is -2.22. The van der Waals surface area contributed by atoms with Crippen LogP contribution in [0.15, 0.2) is 42.9 Å². The van der Waals surface area contributed by atoms with Gasteiger partial charge in [-0.1, -0.05) is 30.3 Å². The number of hydrogen-bond donors (Lipinski definition) is 5. The summed E-state index contributed by atoms with van der Waals surface area (Å²) in [6.07, 6.45) is 3.85. The number of benzene rings is 1. The Kier molecular flexibility index (Phi) is 6.03. The highest BCUT2D eigenvalue weighted by Crippen LogP contribution is 2.34. The second-order valence-corrected chi connectivity index (χ2v) is 7.01. The van der Waals surface area contributed by atoms with Crippen LogP contribution >= 0.6 is 0 Å². The van der Waals surface area contributed by atoms with Crippen LogP contribution in [0.1, 0.15) is 24.1 Å². The Balaban J connectivity index is 1.66. The molecule has 1 aliphatic rings. The Labute approximate surface area is 152 Å². The molecule has 1 fully saturated rings. The molecule has 1 aromatic heterocycles. The Bertz CT molecular complexity index is 688. The van der Waals surface area contributed by atoms with Gasteiger partial charge in [-0.05, 0) is 30.7 Å². The predicted octanol–water partition coefficient (Wildman–Crippen LogP) is 0.139. The number of aromatic nitrogens is 2. The van der Waals surface area contributed by atoms with Crippen LogP contribution in [0.4, 0.5) is 0 Å². The second-order valence-electron chi connectivity index (χ2n) is 7.01. The Morgan fingerprint density at radius 3 is 2.62 bits per heavy atom. The molecule has 3 rings (SSSR count). The van der Waals surface area contributed by atoms with Crippen molar-refractivity contribution in [1.82, 2.24) is 15.3 Å². The second kappa shape index (κ2) is 8.44. The number of aromatic amines is 1. The molecule has 6 N–H and O–H groups in total. The summed E-state index contributed by atoms with van der Waals surface area (Å²) >= 11 is 0. The van der Waals surface area contributed by atoms with Crippen molar-refractivity contribution in [3.8, 4) is 0 Å². The smallest absolute Gasteiger partial charge is 0.237 e. The summed E-state index contributed by atoms with van der Waals surface area (Å²) < 4.78 is 0. The molecule has 0 unspecified atom stereocenters. The van der Waals surface area contributed by atoms with E-state index in [4.69, 9.17) is 5.73 Å². The van der Waals surface area contributed by atoms with E-state index in [-0.39, 0.29) is 11.8 Å². The number of H-pyrrole nitrogens is 1. The number of nitrogens with zero attached hydrogens (tertiary/aromatic N) is 1. The quantitative estimate of drug-likeness (QED) is 0.436. The van der Waals surface area contributed by atoms with E-state index in [0.29, 0.717) is 12.8 Å². The molecule has 7 heteroatoms. The first-order valence-corrected chi connectivity index (χ1v) is 8.98. The number of rotatable bonds is 9. The maximum atomic E-state index is 12.5. The monoisotopic (exact) mass is 358 g/mol. The van der Waals surface area contributed by atoms with Crippen molar-refractivity contribution >= 4 is 5.91 Å². The van der Waals surface area contributed by atoms with Crippen molar-refractivity contribution in [1.29, 1.82) is 0 Å². The molecule has 0 radical (unpaired) electrons. The summed E-state index contributed by atoms with van der Waals surface area (Å²) in [5.41, 5.74) is 7.74. The molecule has 140 valence electrons. The van der Waals surface area contributed by atoms with E-state index in [1.165, 1.54) is 6.33 Å². The number of hydrogen-bond acceptors (Lipinski definition) is 5. The summed E-state index contributed by atoms with van der Waals surface area (Å²) in [7, 11) is 0. The van der Waals surface area contributed by atoms with E-state index in [1.807, 2.05) is 30.3 Å². The first kappa shape index (κ1) is 18.6. The van der Waals surface area contributed by atoms with Gasteiger partial charge in [-0.25, -0.2) is 4.98 Å². The van der Waals surface area contributed by atoms with Gasteiger partial charge in [0.25, 0.3) is 0 Å². The average molecular weight is 358 g/mol. The lowest BCUT2D eigenvalue weighted by Crippen LogP contribution is -2.54. The van der Waals surface area contributed by atoms with E-state index in [1.54, 1.807) is 6.20 Å². The molecule has 0 spiro atoms. The van der Waals surface area contributed by atoms with Crippen molar-refractivity contribution in [3.63, 3.8) is 0 Å². The van der Waals surface area contributed by atoms with Gasteiger partial charge in [0, 0.05) is 18.3 Å². The van der Waals surface area contributed by atoms with Gasteiger partial charge >= 0.3 is 0 Å². The number of nitrogens with two attached hydrogens (primary N) is 1. The number of nitrogens with one attached hydrogen (secondary N) is 2. The lowest BCUT2D eigenvalue weighted by Gasteiger charge is -2.29. The number of carbonyl (C=O) groups is 1. The minimum Gasteiger partial charge on any atom is -0.390 e. The fourth-order valence-electron chi connectivity index (χ4n) is 3.10. The number of imidazole rings is 1. The standard InChI is InChI=1S/C19H26N4O3/c20-15(9-14-10-21-11-22-14)19(26)23-16(8-12-4-2-1-3-5-12)18(25)17(24)13-6-7-13/h1-5,10-11,13,15-18,24-25H,6-9,20H2,(H,21,22)(H,23,26)/t15-,16-,17-,18+/m0/s1. The van der Waals surface area contributed by atoms with Gasteiger partial charge in [-0.2, -0.15) is 0 Å². The van der Waals surface area contributed by atoms with Gasteiger partial charge in [0.2, 0.25) is 5.91 Å². The summed E-state index contributed by atoms with van der Waals surface area (Å²) in [6.45, 7) is 0. The lowest BCUT2D eigenvalue weighted by atomic mass is 9.95. The summed E-state index contributed by atoms with van der Waals surface area (Å²) in [4.78, 5) is 19.4. The number of carbonyl (C=O) groups excluding carboxylic acids is 1. The van der Waals surface area contributed by atoms with Crippen molar-refractivity contribution in [2.75, 3.05) is 0 Å². The topological polar surface area (TPSA) is 124 Å².